The van der Waals surface area contributed by atoms with Crippen LogP contribution in [0.1, 0.15) is 5.56 Å². The summed E-state index contributed by atoms with van der Waals surface area (Å²) in [6.07, 6.45) is 0. The Kier molecular flexibility index (Phi) is 4.29. The minimum absolute atomic E-state index is 0.590. The van der Waals surface area contributed by atoms with Crippen molar-refractivity contribution in [3.63, 3.8) is 0 Å². The molecule has 0 aliphatic heterocycles. The zero-order chi connectivity index (χ0) is 14.5. The summed E-state index contributed by atoms with van der Waals surface area (Å²) >= 11 is 0. The zero-order valence-electron chi connectivity index (χ0n) is 11.9. The van der Waals surface area contributed by atoms with Crippen molar-refractivity contribution < 1.29 is 0 Å². The van der Waals surface area contributed by atoms with Crippen molar-refractivity contribution in [2.45, 2.75) is 6.54 Å². The van der Waals surface area contributed by atoms with Crippen molar-refractivity contribution in [3.05, 3.63) is 90.5 Å². The molecule has 0 heterocycles. The number of hydrogen-bond acceptors (Lipinski definition) is 1. The molecule has 0 bridgehead atoms. The Labute approximate surface area is 127 Å². The molecule has 0 aliphatic rings. The molecule has 103 valence electrons. The summed E-state index contributed by atoms with van der Waals surface area (Å²) in [4.78, 5) is 0. The van der Waals surface area contributed by atoms with Gasteiger partial charge in [-0.15, -0.1) is 0 Å². The van der Waals surface area contributed by atoms with Gasteiger partial charge in [0, 0.05) is 6.54 Å². The predicted molar refractivity (Wildman–Crippen MR) is 91.9 cm³/mol. The first-order chi connectivity index (χ1) is 10.4. The van der Waals surface area contributed by atoms with E-state index in [-0.39, 0.29) is 0 Å². The first kappa shape index (κ1) is 13.8. The summed E-state index contributed by atoms with van der Waals surface area (Å²) in [5, 5.41) is 4.20. The van der Waals surface area contributed by atoms with Crippen molar-refractivity contribution >= 4 is 24.4 Å². The summed E-state index contributed by atoms with van der Waals surface area (Å²) in [5.74, 6) is 0. The molecule has 3 rings (SSSR count). The fourth-order valence-corrected chi connectivity index (χ4v) is 5.21. The van der Waals surface area contributed by atoms with E-state index in [1.165, 1.54) is 21.1 Å². The van der Waals surface area contributed by atoms with Crippen LogP contribution in [0, 0.1) is 0 Å². The molecule has 0 unspecified atom stereocenters. The second kappa shape index (κ2) is 6.53. The van der Waals surface area contributed by atoms with Crippen LogP contribution in [0.2, 0.25) is 0 Å². The monoisotopic (exact) mass is 288 g/mol. The molecule has 0 aromatic heterocycles. The number of nitrogens with two attached hydrogens (primary N) is 1. The highest BCUT2D eigenvalue weighted by atomic mass is 28.3. The topological polar surface area (TPSA) is 26.0 Å². The fourth-order valence-electron chi connectivity index (χ4n) is 2.56. The van der Waals surface area contributed by atoms with E-state index >= 15 is 0 Å². The van der Waals surface area contributed by atoms with Gasteiger partial charge in [0.2, 0.25) is 0 Å². The Morgan fingerprint density at radius 3 is 1.67 bits per heavy atom. The number of benzene rings is 3. The molecule has 0 saturated heterocycles. The quantitative estimate of drug-likeness (QED) is 0.573. The lowest BCUT2D eigenvalue weighted by atomic mass is 10.2. The Morgan fingerprint density at radius 2 is 1.14 bits per heavy atom. The Bertz CT molecular complexity index is 656. The molecule has 0 atom stereocenters. The molecule has 21 heavy (non-hydrogen) atoms. The van der Waals surface area contributed by atoms with Crippen LogP contribution >= 0.6 is 0 Å². The second-order valence-electron chi connectivity index (χ2n) is 5.01. The van der Waals surface area contributed by atoms with Gasteiger partial charge in [-0.05, 0) is 5.56 Å². The minimum atomic E-state index is -0.965. The van der Waals surface area contributed by atoms with Crippen molar-refractivity contribution in [1.29, 1.82) is 0 Å². The molecular formula is C19H18NSi. The summed E-state index contributed by atoms with van der Waals surface area (Å²) < 4.78 is 0. The summed E-state index contributed by atoms with van der Waals surface area (Å²) in [7, 11) is -0.965. The van der Waals surface area contributed by atoms with E-state index in [2.05, 4.69) is 84.9 Å². The van der Waals surface area contributed by atoms with Crippen LogP contribution in [-0.4, -0.2) is 8.80 Å². The maximum atomic E-state index is 5.81. The lowest BCUT2D eigenvalue weighted by molar-refractivity contribution is 1.07. The largest absolute Gasteiger partial charge is 0.326 e. The molecule has 0 saturated carbocycles. The van der Waals surface area contributed by atoms with Crippen molar-refractivity contribution in [3.8, 4) is 0 Å². The van der Waals surface area contributed by atoms with Gasteiger partial charge in [-0.3, -0.25) is 0 Å². The highest BCUT2D eigenvalue weighted by Gasteiger charge is 2.19. The molecule has 0 fully saturated rings. The van der Waals surface area contributed by atoms with Gasteiger partial charge in [0.05, 0.1) is 0 Å². The van der Waals surface area contributed by atoms with Crippen LogP contribution in [0.15, 0.2) is 84.9 Å². The van der Waals surface area contributed by atoms with Crippen LogP contribution in [0.5, 0.6) is 0 Å². The molecule has 2 heteroatoms. The first-order valence-electron chi connectivity index (χ1n) is 7.15. The third-order valence-corrected chi connectivity index (χ3v) is 6.29. The summed E-state index contributed by atoms with van der Waals surface area (Å²) in [6, 6.07) is 30.3. The number of hydrogen-bond donors (Lipinski definition) is 1. The SMILES string of the molecule is NCc1cccc([Si](c2ccccc2)c2ccccc2)c1. The van der Waals surface area contributed by atoms with Gasteiger partial charge in [-0.1, -0.05) is 100 Å². The molecule has 0 aliphatic carbocycles. The predicted octanol–water partition coefficient (Wildman–Crippen LogP) is 1.66. The average Bonchev–Trinajstić information content (AvgIpc) is 2.57. The zero-order valence-corrected chi connectivity index (χ0v) is 12.9. The van der Waals surface area contributed by atoms with E-state index in [1.54, 1.807) is 0 Å². The minimum Gasteiger partial charge on any atom is -0.326 e. The van der Waals surface area contributed by atoms with Crippen LogP contribution in [-0.2, 0) is 6.54 Å². The van der Waals surface area contributed by atoms with Gasteiger partial charge in [0.1, 0.15) is 0 Å². The number of rotatable bonds is 4. The lowest BCUT2D eigenvalue weighted by Gasteiger charge is -2.17. The Hall–Kier alpha value is -2.16. The molecule has 1 nitrogen and oxygen atoms in total. The van der Waals surface area contributed by atoms with Crippen molar-refractivity contribution in [2.24, 2.45) is 5.73 Å². The van der Waals surface area contributed by atoms with E-state index in [4.69, 9.17) is 5.73 Å². The molecule has 3 aromatic carbocycles. The van der Waals surface area contributed by atoms with Crippen LogP contribution in [0.25, 0.3) is 0 Å². The maximum Gasteiger partial charge on any atom is 0.154 e. The van der Waals surface area contributed by atoms with E-state index in [0.29, 0.717) is 6.54 Å². The molecule has 3 aromatic rings. The van der Waals surface area contributed by atoms with Crippen LogP contribution in [0.3, 0.4) is 0 Å². The van der Waals surface area contributed by atoms with Crippen LogP contribution in [0.4, 0.5) is 0 Å². The van der Waals surface area contributed by atoms with Gasteiger partial charge in [-0.2, -0.15) is 0 Å². The summed E-state index contributed by atoms with van der Waals surface area (Å²) in [5.41, 5.74) is 7.00. The third kappa shape index (κ3) is 3.12. The lowest BCUT2D eigenvalue weighted by Crippen LogP contribution is -2.52. The summed E-state index contributed by atoms with van der Waals surface area (Å²) in [6.45, 7) is 0.590. The molecule has 2 N–H and O–H groups in total. The highest BCUT2D eigenvalue weighted by Crippen LogP contribution is 1.99. The first-order valence-corrected chi connectivity index (χ1v) is 8.65. The third-order valence-electron chi connectivity index (χ3n) is 3.58. The van der Waals surface area contributed by atoms with Gasteiger partial charge < -0.3 is 5.73 Å². The van der Waals surface area contributed by atoms with Gasteiger partial charge in [0.15, 0.2) is 8.80 Å². The molecule has 1 radical (unpaired) electrons. The second-order valence-corrected chi connectivity index (χ2v) is 7.49. The standard InChI is InChI=1S/C19H18NSi/c20-15-16-8-7-13-19(14-16)21(17-9-3-1-4-10-17)18-11-5-2-6-12-18/h1-14H,15,20H2. The molecule has 0 amide bonds. The molecule has 0 spiro atoms. The van der Waals surface area contributed by atoms with Crippen LogP contribution < -0.4 is 21.3 Å². The highest BCUT2D eigenvalue weighted by molar-refractivity contribution is 6.95. The fraction of sp³-hybridized carbons (Fsp3) is 0.0526. The van der Waals surface area contributed by atoms with Crippen molar-refractivity contribution in [1.82, 2.24) is 0 Å². The molecular weight excluding hydrogens is 270 g/mol. The smallest absolute Gasteiger partial charge is 0.154 e. The van der Waals surface area contributed by atoms with Gasteiger partial charge >= 0.3 is 0 Å². The van der Waals surface area contributed by atoms with E-state index < -0.39 is 8.80 Å². The van der Waals surface area contributed by atoms with Gasteiger partial charge in [0.25, 0.3) is 0 Å². The van der Waals surface area contributed by atoms with E-state index in [1.807, 2.05) is 0 Å². The Balaban J connectivity index is 2.12. The van der Waals surface area contributed by atoms with Crippen molar-refractivity contribution in [2.75, 3.05) is 0 Å². The Morgan fingerprint density at radius 1 is 0.619 bits per heavy atom. The normalized spacial score (nSPS) is 10.8. The van der Waals surface area contributed by atoms with Gasteiger partial charge in [-0.25, -0.2) is 0 Å². The maximum absolute atomic E-state index is 5.81. The van der Waals surface area contributed by atoms with E-state index in [9.17, 15) is 0 Å². The average molecular weight is 288 g/mol. The van der Waals surface area contributed by atoms with E-state index in [0.717, 1.165) is 0 Å².